The number of hydrogen-bond acceptors (Lipinski definition) is 4. The van der Waals surface area contributed by atoms with Crippen LogP contribution in [0.4, 0.5) is 5.69 Å². The van der Waals surface area contributed by atoms with E-state index in [9.17, 15) is 9.59 Å². The van der Waals surface area contributed by atoms with Gasteiger partial charge in [0.1, 0.15) is 5.52 Å². The summed E-state index contributed by atoms with van der Waals surface area (Å²) in [5.74, 6) is -0.365. The molecular weight excluding hydrogens is 378 g/mol. The molecule has 30 heavy (non-hydrogen) atoms. The van der Waals surface area contributed by atoms with Crippen molar-refractivity contribution in [2.75, 3.05) is 12.4 Å². The smallest absolute Gasteiger partial charge is 0.255 e. The zero-order valence-electron chi connectivity index (χ0n) is 16.7. The fraction of sp³-hybridized carbons (Fsp3) is 0.130. The van der Waals surface area contributed by atoms with Gasteiger partial charge in [-0.15, -0.1) is 5.10 Å². The highest BCUT2D eigenvalue weighted by Gasteiger charge is 2.11. The number of aromatic nitrogens is 3. The Morgan fingerprint density at radius 3 is 2.40 bits per heavy atom. The zero-order chi connectivity index (χ0) is 21.1. The van der Waals surface area contributed by atoms with Gasteiger partial charge in [0.05, 0.1) is 12.1 Å². The second-order valence-corrected chi connectivity index (χ2v) is 7.00. The number of carbonyl (C=O) groups excluding carboxylic acids is 2. The number of fused-ring (bicyclic) bond motifs is 1. The van der Waals surface area contributed by atoms with Crippen LogP contribution < -0.4 is 10.6 Å². The van der Waals surface area contributed by atoms with E-state index in [1.54, 1.807) is 37.4 Å². The molecule has 0 atom stereocenters. The molecule has 150 valence electrons. The van der Waals surface area contributed by atoms with Crippen LogP contribution in [-0.2, 0) is 6.54 Å². The molecule has 7 heteroatoms. The zero-order valence-corrected chi connectivity index (χ0v) is 16.7. The van der Waals surface area contributed by atoms with Crippen molar-refractivity contribution < 1.29 is 9.59 Å². The molecule has 2 N–H and O–H groups in total. The highest BCUT2D eigenvalue weighted by Crippen LogP contribution is 2.18. The van der Waals surface area contributed by atoms with Gasteiger partial charge < -0.3 is 10.6 Å². The molecule has 4 rings (SSSR count). The van der Waals surface area contributed by atoms with Crippen molar-refractivity contribution in [3.05, 3.63) is 89.0 Å². The first-order chi connectivity index (χ1) is 14.5. The Balaban J connectivity index is 1.46. The van der Waals surface area contributed by atoms with Crippen molar-refractivity contribution in [1.29, 1.82) is 0 Å². The van der Waals surface area contributed by atoms with E-state index < -0.39 is 0 Å². The minimum atomic E-state index is -0.205. The lowest BCUT2D eigenvalue weighted by Gasteiger charge is -2.10. The standard InChI is InChI=1S/C23H21N5O2/c1-15-13-18(22(29)24-2)11-12-19(15)25-23(30)17-9-7-16(8-10-17)14-28-21-6-4-3-5-20(21)26-27-28/h3-13H,14H2,1-2H3,(H,24,29)(H,25,30). The Morgan fingerprint density at radius 2 is 1.67 bits per heavy atom. The predicted octanol–water partition coefficient (Wildman–Crippen LogP) is 3.40. The first-order valence-corrected chi connectivity index (χ1v) is 9.56. The largest absolute Gasteiger partial charge is 0.355 e. The Bertz CT molecular complexity index is 1230. The van der Waals surface area contributed by atoms with E-state index in [1.165, 1.54) is 0 Å². The first kappa shape index (κ1) is 19.3. The number of amides is 2. The lowest BCUT2D eigenvalue weighted by atomic mass is 10.1. The average Bonchev–Trinajstić information content (AvgIpc) is 3.18. The van der Waals surface area contributed by atoms with Gasteiger partial charge in [0.25, 0.3) is 11.8 Å². The van der Waals surface area contributed by atoms with Crippen molar-refractivity contribution in [3.8, 4) is 0 Å². The van der Waals surface area contributed by atoms with E-state index in [-0.39, 0.29) is 11.8 Å². The highest BCUT2D eigenvalue weighted by atomic mass is 16.2. The van der Waals surface area contributed by atoms with Crippen molar-refractivity contribution in [1.82, 2.24) is 20.3 Å². The minimum absolute atomic E-state index is 0.160. The predicted molar refractivity (Wildman–Crippen MR) is 116 cm³/mol. The summed E-state index contributed by atoms with van der Waals surface area (Å²) in [5.41, 5.74) is 5.44. The van der Waals surface area contributed by atoms with E-state index in [1.807, 2.05) is 48.0 Å². The fourth-order valence-electron chi connectivity index (χ4n) is 3.25. The molecule has 0 spiro atoms. The van der Waals surface area contributed by atoms with Crippen LogP contribution in [0.3, 0.4) is 0 Å². The summed E-state index contributed by atoms with van der Waals surface area (Å²) in [7, 11) is 1.59. The normalized spacial score (nSPS) is 10.7. The van der Waals surface area contributed by atoms with Gasteiger partial charge in [0, 0.05) is 23.9 Å². The number of aryl methyl sites for hydroxylation is 1. The molecule has 7 nitrogen and oxygen atoms in total. The number of nitrogens with one attached hydrogen (secondary N) is 2. The third-order valence-electron chi connectivity index (χ3n) is 4.93. The first-order valence-electron chi connectivity index (χ1n) is 9.56. The van der Waals surface area contributed by atoms with E-state index in [0.29, 0.717) is 23.4 Å². The highest BCUT2D eigenvalue weighted by molar-refractivity contribution is 6.05. The van der Waals surface area contributed by atoms with E-state index in [0.717, 1.165) is 22.2 Å². The quantitative estimate of drug-likeness (QED) is 0.538. The number of para-hydroxylation sites is 1. The van der Waals surface area contributed by atoms with Crippen LogP contribution in [0.15, 0.2) is 66.7 Å². The molecule has 0 aliphatic carbocycles. The maximum atomic E-state index is 12.6. The molecule has 0 aliphatic heterocycles. The Kier molecular flexibility index (Phi) is 5.26. The molecule has 0 saturated heterocycles. The molecule has 1 heterocycles. The number of benzene rings is 3. The summed E-state index contributed by atoms with van der Waals surface area (Å²) in [4.78, 5) is 24.4. The van der Waals surface area contributed by atoms with Crippen molar-refractivity contribution >= 4 is 28.5 Å². The van der Waals surface area contributed by atoms with Crippen molar-refractivity contribution in [2.45, 2.75) is 13.5 Å². The number of rotatable bonds is 5. The lowest BCUT2D eigenvalue weighted by molar-refractivity contribution is 0.0962. The van der Waals surface area contributed by atoms with Crippen LogP contribution in [0.1, 0.15) is 31.8 Å². The minimum Gasteiger partial charge on any atom is -0.355 e. The van der Waals surface area contributed by atoms with Crippen LogP contribution in [0.5, 0.6) is 0 Å². The molecule has 0 saturated carbocycles. The average molecular weight is 399 g/mol. The van der Waals surface area contributed by atoms with Crippen molar-refractivity contribution in [2.24, 2.45) is 0 Å². The van der Waals surface area contributed by atoms with Crippen LogP contribution in [-0.4, -0.2) is 33.9 Å². The summed E-state index contributed by atoms with van der Waals surface area (Å²) in [5, 5.41) is 13.9. The van der Waals surface area contributed by atoms with Gasteiger partial charge in [-0.3, -0.25) is 9.59 Å². The third kappa shape index (κ3) is 3.91. The van der Waals surface area contributed by atoms with Gasteiger partial charge in [-0.25, -0.2) is 4.68 Å². The van der Waals surface area contributed by atoms with Gasteiger partial charge in [0.2, 0.25) is 0 Å². The van der Waals surface area contributed by atoms with E-state index in [2.05, 4.69) is 20.9 Å². The van der Waals surface area contributed by atoms with Gasteiger partial charge in [0.15, 0.2) is 0 Å². The maximum Gasteiger partial charge on any atom is 0.255 e. The lowest BCUT2D eigenvalue weighted by Crippen LogP contribution is -2.18. The van der Waals surface area contributed by atoms with Gasteiger partial charge in [-0.05, 0) is 60.5 Å². The molecule has 2 amide bonds. The number of anilines is 1. The number of hydrogen-bond donors (Lipinski definition) is 2. The monoisotopic (exact) mass is 399 g/mol. The summed E-state index contributed by atoms with van der Waals surface area (Å²) in [6, 6.07) is 20.4. The maximum absolute atomic E-state index is 12.6. The number of nitrogens with zero attached hydrogens (tertiary/aromatic N) is 3. The van der Waals surface area contributed by atoms with E-state index in [4.69, 9.17) is 0 Å². The van der Waals surface area contributed by atoms with Crippen LogP contribution >= 0.6 is 0 Å². The summed E-state index contributed by atoms with van der Waals surface area (Å²) < 4.78 is 1.84. The second-order valence-electron chi connectivity index (χ2n) is 7.00. The van der Waals surface area contributed by atoms with E-state index >= 15 is 0 Å². The Morgan fingerprint density at radius 1 is 0.933 bits per heavy atom. The molecule has 0 unspecified atom stereocenters. The Labute approximate surface area is 173 Å². The summed E-state index contributed by atoms with van der Waals surface area (Å²) in [6.07, 6.45) is 0. The van der Waals surface area contributed by atoms with Crippen molar-refractivity contribution in [3.63, 3.8) is 0 Å². The molecular formula is C23H21N5O2. The molecule has 1 aromatic heterocycles. The van der Waals surface area contributed by atoms with Gasteiger partial charge >= 0.3 is 0 Å². The summed E-state index contributed by atoms with van der Waals surface area (Å²) >= 11 is 0. The van der Waals surface area contributed by atoms with Gasteiger partial charge in [-0.2, -0.15) is 0 Å². The second kappa shape index (κ2) is 8.16. The third-order valence-corrected chi connectivity index (χ3v) is 4.93. The van der Waals surface area contributed by atoms with Gasteiger partial charge in [-0.1, -0.05) is 29.5 Å². The SMILES string of the molecule is CNC(=O)c1ccc(NC(=O)c2ccc(Cn3nnc4ccccc43)cc2)c(C)c1. The molecule has 4 aromatic rings. The summed E-state index contributed by atoms with van der Waals surface area (Å²) in [6.45, 7) is 2.43. The molecule has 0 radical (unpaired) electrons. The number of carbonyl (C=O) groups is 2. The van der Waals surface area contributed by atoms with Crippen LogP contribution in [0.2, 0.25) is 0 Å². The van der Waals surface area contributed by atoms with Crippen LogP contribution in [0.25, 0.3) is 11.0 Å². The molecule has 3 aromatic carbocycles. The van der Waals surface area contributed by atoms with Crippen LogP contribution in [0, 0.1) is 6.92 Å². The molecule has 0 bridgehead atoms. The fourth-order valence-corrected chi connectivity index (χ4v) is 3.25. The Hall–Kier alpha value is -4.00. The molecule has 0 aliphatic rings. The topological polar surface area (TPSA) is 88.9 Å². The molecule has 0 fully saturated rings.